The van der Waals surface area contributed by atoms with E-state index in [0.717, 1.165) is 32.9 Å². The second kappa shape index (κ2) is 18.9. The average Bonchev–Trinajstić information content (AvgIpc) is 3.71. The number of anilines is 1. The number of nitrogens with two attached hydrogens (primary N) is 1. The van der Waals surface area contributed by atoms with Gasteiger partial charge in [-0.15, -0.1) is 11.8 Å². The van der Waals surface area contributed by atoms with Crippen LogP contribution in [0.5, 0.6) is 0 Å². The van der Waals surface area contributed by atoms with Gasteiger partial charge in [-0.05, 0) is 16.8 Å². The van der Waals surface area contributed by atoms with Gasteiger partial charge in [0.15, 0.2) is 17.7 Å². The smallest absolute Gasteiger partial charge is 0.386 e. The minimum Gasteiger partial charge on any atom is -0.386 e. The minimum absolute atomic E-state index is 0.0367. The molecule has 0 saturated carbocycles. The first kappa shape index (κ1) is 45.7. The Morgan fingerprint density at radius 1 is 1.00 bits per heavy atom. The van der Waals surface area contributed by atoms with Crippen molar-refractivity contribution in [3.63, 3.8) is 0 Å². The number of aliphatic hydroxyl groups excluding tert-OH is 2. The first-order valence-electron chi connectivity index (χ1n) is 17.2. The maximum Gasteiger partial charge on any atom is 0.481 e. The first-order valence-corrected chi connectivity index (χ1v) is 22.7. The molecule has 5 rings (SSSR count). The van der Waals surface area contributed by atoms with Crippen molar-refractivity contribution in [3.05, 3.63) is 55.1 Å². The van der Waals surface area contributed by atoms with Crippen LogP contribution in [0.25, 0.3) is 21.9 Å². The first-order chi connectivity index (χ1) is 27.2. The highest BCUT2D eigenvalue weighted by Gasteiger charge is 2.50. The molecule has 23 nitrogen and oxygen atoms in total. The molecule has 2 amide bonds. The van der Waals surface area contributed by atoms with Crippen molar-refractivity contribution >= 4 is 74.8 Å². The predicted octanol–water partition coefficient (Wildman–Crippen LogP) is 1.35. The molecule has 3 heterocycles. The lowest BCUT2D eigenvalue weighted by Crippen LogP contribution is -2.46. The number of carbonyl (C=O) groups excluding carboxylic acids is 2. The van der Waals surface area contributed by atoms with E-state index in [9.17, 15) is 53.1 Å². The minimum atomic E-state index is -5.56. The largest absolute Gasteiger partial charge is 0.481 e. The van der Waals surface area contributed by atoms with Gasteiger partial charge in [0, 0.05) is 35.6 Å². The van der Waals surface area contributed by atoms with Crippen LogP contribution in [0.2, 0.25) is 0 Å². The fourth-order valence-electron chi connectivity index (χ4n) is 5.61. The predicted molar refractivity (Wildman–Crippen MR) is 204 cm³/mol. The molecule has 0 spiro atoms. The summed E-state index contributed by atoms with van der Waals surface area (Å²) in [5.41, 5.74) is 4.30. The number of nitrogen functional groups attached to an aromatic ring is 1. The summed E-state index contributed by atoms with van der Waals surface area (Å²) in [5, 5.41) is 28.9. The van der Waals surface area contributed by atoms with E-state index in [-0.39, 0.29) is 35.9 Å². The summed E-state index contributed by atoms with van der Waals surface area (Å²) in [6.45, 7) is 0.777. The Hall–Kier alpha value is -3.41. The van der Waals surface area contributed by atoms with Gasteiger partial charge in [-0.25, -0.2) is 28.6 Å². The van der Waals surface area contributed by atoms with E-state index < -0.39 is 78.6 Å². The quantitative estimate of drug-likeness (QED) is 0.0343. The number of rotatable bonds is 20. The number of phosphoric ester groups is 3. The van der Waals surface area contributed by atoms with Crippen molar-refractivity contribution in [1.29, 1.82) is 0 Å². The van der Waals surface area contributed by atoms with Crippen LogP contribution in [0, 0.1) is 5.41 Å². The summed E-state index contributed by atoms with van der Waals surface area (Å²) >= 11 is 1.58. The fourth-order valence-corrected chi connectivity index (χ4v) is 9.38. The molecule has 318 valence electrons. The van der Waals surface area contributed by atoms with Crippen molar-refractivity contribution in [2.24, 2.45) is 5.41 Å². The number of hydrogen-bond donors (Lipinski definition) is 9. The molecule has 0 radical (unpaired) electrons. The number of aromatic nitrogens is 4. The number of benzene rings is 2. The molecule has 27 heteroatoms. The molecular weight excluding hydrogens is 851 g/mol. The molecule has 1 aliphatic heterocycles. The second-order valence-electron chi connectivity index (χ2n) is 13.4. The average molecular weight is 894 g/mol. The highest BCUT2D eigenvalue weighted by molar-refractivity contribution is 7.99. The van der Waals surface area contributed by atoms with Gasteiger partial charge in [0.05, 0.1) is 19.5 Å². The van der Waals surface area contributed by atoms with Gasteiger partial charge < -0.3 is 50.9 Å². The molecule has 2 aromatic carbocycles. The van der Waals surface area contributed by atoms with Gasteiger partial charge in [0.2, 0.25) is 11.8 Å². The third-order valence-corrected chi connectivity index (χ3v) is 12.7. The van der Waals surface area contributed by atoms with E-state index >= 15 is 0 Å². The van der Waals surface area contributed by atoms with Crippen molar-refractivity contribution < 1.29 is 75.7 Å². The van der Waals surface area contributed by atoms with E-state index in [1.54, 1.807) is 11.8 Å². The van der Waals surface area contributed by atoms with E-state index in [0.29, 0.717) is 12.3 Å². The third kappa shape index (κ3) is 12.1. The molecular formula is C31H42N7O16P3S. The Morgan fingerprint density at radius 2 is 1.71 bits per heavy atom. The lowest BCUT2D eigenvalue weighted by Gasteiger charge is -2.30. The SMILES string of the molecule is CC(C)(COP(=O)(O)OP(=O)(O)OC[C@H]1O[C@@H](n2cnc3c(N)ncnc32)[C@H](O)[C@@H]1OP(=O)(O)O)[C@@H](O)C(=O)NCCC(=O)NCCSc1cccc2ccccc12. The standard InChI is InChI=1S/C31H42N7O16P3S/c1-31(2,26(41)29(42)34-11-10-22(39)33-12-13-58-21-9-5-7-18-6-3-4-8-19(18)21)15-51-57(48,49)54-56(46,47)50-14-20-25(53-55(43,44)45)24(40)30(52-20)38-17-37-23-27(32)35-16-36-28(23)38/h3-9,16-17,20,24-26,30,40-41H,10-15H2,1-2H3,(H,33,39)(H,34,42)(H,46,47)(H,48,49)(H2,32,35,36)(H2,43,44,45)/t20-,24-,25-,26+,30-/m1/s1. The van der Waals surface area contributed by atoms with Gasteiger partial charge in [0.1, 0.15) is 36.3 Å². The molecule has 0 bridgehead atoms. The van der Waals surface area contributed by atoms with E-state index in [4.69, 9.17) is 19.5 Å². The number of carbonyl (C=O) groups is 2. The lowest BCUT2D eigenvalue weighted by molar-refractivity contribution is -0.137. The highest BCUT2D eigenvalue weighted by Crippen LogP contribution is 2.61. The Bertz CT molecular complexity index is 2240. The number of amides is 2. The van der Waals surface area contributed by atoms with E-state index in [2.05, 4.69) is 34.4 Å². The maximum absolute atomic E-state index is 12.7. The molecule has 0 aliphatic carbocycles. The summed E-state index contributed by atoms with van der Waals surface area (Å²) < 4.78 is 62.3. The molecule has 4 aromatic rings. The van der Waals surface area contributed by atoms with Crippen LogP contribution in [-0.4, -0.2) is 118 Å². The monoisotopic (exact) mass is 893 g/mol. The summed E-state index contributed by atoms with van der Waals surface area (Å²) in [6.07, 6.45) is -6.79. The maximum atomic E-state index is 12.7. The number of aliphatic hydroxyl groups is 2. The van der Waals surface area contributed by atoms with Crippen LogP contribution >= 0.6 is 35.2 Å². The Balaban J connectivity index is 1.06. The molecule has 7 atom stereocenters. The number of nitrogens with zero attached hydrogens (tertiary/aromatic N) is 4. The van der Waals surface area contributed by atoms with Crippen LogP contribution in [0.15, 0.2) is 60.0 Å². The Morgan fingerprint density at radius 3 is 2.45 bits per heavy atom. The lowest BCUT2D eigenvalue weighted by atomic mass is 9.87. The van der Waals surface area contributed by atoms with Crippen molar-refractivity contribution in [1.82, 2.24) is 30.2 Å². The van der Waals surface area contributed by atoms with Crippen LogP contribution in [0.1, 0.15) is 26.5 Å². The Kier molecular flexibility index (Phi) is 14.9. The normalized spacial score (nSPS) is 21.4. The third-order valence-electron chi connectivity index (χ3n) is 8.51. The second-order valence-corrected chi connectivity index (χ2v) is 18.8. The molecule has 10 N–H and O–H groups in total. The van der Waals surface area contributed by atoms with Crippen LogP contribution < -0.4 is 16.4 Å². The zero-order valence-electron chi connectivity index (χ0n) is 30.7. The topological polar surface area (TPSA) is 347 Å². The number of fused-ring (bicyclic) bond motifs is 2. The molecule has 58 heavy (non-hydrogen) atoms. The van der Waals surface area contributed by atoms with Crippen molar-refractivity contribution in [2.45, 2.75) is 55.8 Å². The van der Waals surface area contributed by atoms with E-state index in [1.807, 2.05) is 42.5 Å². The highest BCUT2D eigenvalue weighted by atomic mass is 32.2. The number of nitrogens with one attached hydrogen (secondary N) is 2. The molecule has 2 unspecified atom stereocenters. The summed E-state index contributed by atoms with van der Waals surface area (Å²) in [6, 6.07) is 13.9. The molecule has 1 aliphatic rings. The number of hydrogen-bond acceptors (Lipinski definition) is 17. The van der Waals surface area contributed by atoms with Crippen molar-refractivity contribution in [2.75, 3.05) is 37.8 Å². The van der Waals surface area contributed by atoms with Gasteiger partial charge in [0.25, 0.3) is 0 Å². The van der Waals surface area contributed by atoms with Gasteiger partial charge in [-0.3, -0.25) is 27.7 Å². The summed E-state index contributed by atoms with van der Waals surface area (Å²) in [4.78, 5) is 77.1. The van der Waals surface area contributed by atoms with Gasteiger partial charge in [-0.1, -0.05) is 50.2 Å². The van der Waals surface area contributed by atoms with Gasteiger partial charge >= 0.3 is 23.5 Å². The molecule has 1 saturated heterocycles. The number of imidazole rings is 1. The van der Waals surface area contributed by atoms with Crippen molar-refractivity contribution in [3.8, 4) is 0 Å². The summed E-state index contributed by atoms with van der Waals surface area (Å²) in [7, 11) is -16.4. The summed E-state index contributed by atoms with van der Waals surface area (Å²) in [5.74, 6) is -0.731. The van der Waals surface area contributed by atoms with E-state index in [1.165, 1.54) is 13.8 Å². The Labute approximate surface area is 334 Å². The zero-order valence-corrected chi connectivity index (χ0v) is 34.2. The fraction of sp³-hybridized carbons (Fsp3) is 0.452. The zero-order chi connectivity index (χ0) is 42.5. The number of ether oxygens (including phenoxy) is 1. The number of thioether (sulfide) groups is 1. The molecule has 1 fully saturated rings. The van der Waals surface area contributed by atoms with Gasteiger partial charge in [-0.2, -0.15) is 4.31 Å². The van der Waals surface area contributed by atoms with Crippen LogP contribution in [0.4, 0.5) is 5.82 Å². The van der Waals surface area contributed by atoms with Crippen LogP contribution in [-0.2, 0) is 45.9 Å². The number of phosphoric acid groups is 3. The van der Waals surface area contributed by atoms with Crippen LogP contribution in [0.3, 0.4) is 0 Å². The molecule has 2 aromatic heterocycles.